The first-order chi connectivity index (χ1) is 10.4. The van der Waals surface area contributed by atoms with Crippen LogP contribution in [0, 0.1) is 17.5 Å². The van der Waals surface area contributed by atoms with Gasteiger partial charge in [0, 0.05) is 21.2 Å². The molecule has 0 saturated carbocycles. The molecule has 22 heavy (non-hydrogen) atoms. The van der Waals surface area contributed by atoms with Gasteiger partial charge in [-0.25, -0.2) is 18.0 Å². The molecular formula is C15H6ClF3O2S. The standard InChI is InChI=1S/C15H6ClF3O2S/c16-9-4-3-8(12(18)13(9)19)11-7-2-1-6(17)5-10(7)22-14(11)15(20)21/h1-5H,(H,20,21). The monoisotopic (exact) mass is 342 g/mol. The Labute approximate surface area is 131 Å². The lowest BCUT2D eigenvalue weighted by Crippen LogP contribution is -1.98. The van der Waals surface area contributed by atoms with Crippen molar-refractivity contribution in [3.63, 3.8) is 0 Å². The topological polar surface area (TPSA) is 37.3 Å². The summed E-state index contributed by atoms with van der Waals surface area (Å²) >= 11 is 6.31. The van der Waals surface area contributed by atoms with Crippen LogP contribution >= 0.6 is 22.9 Å². The zero-order valence-electron chi connectivity index (χ0n) is 10.7. The Kier molecular flexibility index (Phi) is 3.58. The first-order valence-corrected chi connectivity index (χ1v) is 7.19. The van der Waals surface area contributed by atoms with Gasteiger partial charge in [-0.05, 0) is 30.3 Å². The third-order valence-corrected chi connectivity index (χ3v) is 4.58. The van der Waals surface area contributed by atoms with E-state index in [1.807, 2.05) is 0 Å². The molecule has 0 aliphatic heterocycles. The minimum absolute atomic E-state index is 0.0144. The van der Waals surface area contributed by atoms with Crippen molar-refractivity contribution in [2.75, 3.05) is 0 Å². The first-order valence-electron chi connectivity index (χ1n) is 5.99. The van der Waals surface area contributed by atoms with Crippen molar-refractivity contribution in [1.82, 2.24) is 0 Å². The zero-order chi connectivity index (χ0) is 16.0. The highest BCUT2D eigenvalue weighted by Crippen LogP contribution is 2.41. The maximum atomic E-state index is 14.2. The van der Waals surface area contributed by atoms with E-state index in [0.29, 0.717) is 10.1 Å². The summed E-state index contributed by atoms with van der Waals surface area (Å²) in [6.45, 7) is 0. The Bertz CT molecular complexity index is 921. The quantitative estimate of drug-likeness (QED) is 0.638. The van der Waals surface area contributed by atoms with Crippen LogP contribution in [0.5, 0.6) is 0 Å². The number of hydrogen-bond donors (Lipinski definition) is 1. The van der Waals surface area contributed by atoms with E-state index in [1.54, 1.807) is 0 Å². The lowest BCUT2D eigenvalue weighted by molar-refractivity contribution is 0.0703. The van der Waals surface area contributed by atoms with Crippen LogP contribution in [-0.4, -0.2) is 11.1 Å². The number of benzene rings is 2. The van der Waals surface area contributed by atoms with Gasteiger partial charge >= 0.3 is 5.97 Å². The van der Waals surface area contributed by atoms with Gasteiger partial charge in [-0.2, -0.15) is 0 Å². The summed E-state index contributed by atoms with van der Waals surface area (Å²) in [5.74, 6) is -4.33. The Morgan fingerprint density at radius 3 is 2.50 bits per heavy atom. The van der Waals surface area contributed by atoms with Gasteiger partial charge in [-0.1, -0.05) is 11.6 Å². The van der Waals surface area contributed by atoms with Crippen molar-refractivity contribution >= 4 is 39.0 Å². The summed E-state index contributed by atoms with van der Waals surface area (Å²) in [7, 11) is 0. The SMILES string of the molecule is O=C(O)c1sc2cc(F)ccc2c1-c1ccc(Cl)c(F)c1F. The van der Waals surface area contributed by atoms with Crippen LogP contribution in [-0.2, 0) is 0 Å². The minimum Gasteiger partial charge on any atom is -0.477 e. The maximum absolute atomic E-state index is 14.2. The summed E-state index contributed by atoms with van der Waals surface area (Å²) in [4.78, 5) is 11.2. The highest BCUT2D eigenvalue weighted by atomic mass is 35.5. The van der Waals surface area contributed by atoms with E-state index in [-0.39, 0.29) is 16.0 Å². The molecular weight excluding hydrogens is 337 g/mol. The summed E-state index contributed by atoms with van der Waals surface area (Å²) in [5, 5.41) is 9.22. The zero-order valence-corrected chi connectivity index (χ0v) is 12.2. The number of rotatable bonds is 2. The molecule has 0 radical (unpaired) electrons. The normalized spacial score (nSPS) is 11.1. The van der Waals surface area contributed by atoms with Crippen molar-refractivity contribution in [2.24, 2.45) is 0 Å². The molecule has 7 heteroatoms. The molecule has 0 aliphatic carbocycles. The Balaban J connectivity index is 2.41. The number of carboxylic acids is 1. The molecule has 0 spiro atoms. The number of carboxylic acid groups (broad SMARTS) is 1. The van der Waals surface area contributed by atoms with Gasteiger partial charge in [-0.15, -0.1) is 11.3 Å². The predicted octanol–water partition coefficient (Wildman–Crippen LogP) is 5.34. The number of fused-ring (bicyclic) bond motifs is 1. The van der Waals surface area contributed by atoms with Crippen LogP contribution in [0.3, 0.4) is 0 Å². The molecule has 3 rings (SSSR count). The van der Waals surface area contributed by atoms with Crippen molar-refractivity contribution in [3.8, 4) is 11.1 Å². The lowest BCUT2D eigenvalue weighted by Gasteiger charge is -2.06. The Hall–Kier alpha value is -2.05. The van der Waals surface area contributed by atoms with Crippen molar-refractivity contribution in [3.05, 3.63) is 57.7 Å². The largest absolute Gasteiger partial charge is 0.477 e. The Morgan fingerprint density at radius 2 is 1.82 bits per heavy atom. The second kappa shape index (κ2) is 5.30. The van der Waals surface area contributed by atoms with Crippen LogP contribution in [0.1, 0.15) is 9.67 Å². The second-order valence-corrected chi connectivity index (χ2v) is 5.93. The van der Waals surface area contributed by atoms with Crippen LogP contribution in [0.25, 0.3) is 21.2 Å². The Morgan fingerprint density at radius 1 is 1.09 bits per heavy atom. The number of hydrogen-bond acceptors (Lipinski definition) is 2. The average molecular weight is 343 g/mol. The molecule has 2 nitrogen and oxygen atoms in total. The molecule has 3 aromatic rings. The predicted molar refractivity (Wildman–Crippen MR) is 79.1 cm³/mol. The molecule has 1 aromatic heterocycles. The molecule has 0 amide bonds. The maximum Gasteiger partial charge on any atom is 0.346 e. The van der Waals surface area contributed by atoms with E-state index in [1.165, 1.54) is 12.1 Å². The van der Waals surface area contributed by atoms with Crippen molar-refractivity contribution < 1.29 is 23.1 Å². The van der Waals surface area contributed by atoms with Gasteiger partial charge in [0.2, 0.25) is 0 Å². The van der Waals surface area contributed by atoms with Crippen LogP contribution in [0.15, 0.2) is 30.3 Å². The average Bonchev–Trinajstić information content (AvgIpc) is 2.83. The summed E-state index contributed by atoms with van der Waals surface area (Å²) in [6, 6.07) is 5.98. The summed E-state index contributed by atoms with van der Waals surface area (Å²) in [5.41, 5.74) is -0.210. The fourth-order valence-electron chi connectivity index (χ4n) is 2.21. The molecule has 112 valence electrons. The molecule has 2 aromatic carbocycles. The highest BCUT2D eigenvalue weighted by molar-refractivity contribution is 7.21. The fraction of sp³-hybridized carbons (Fsp3) is 0. The number of thiophene rings is 1. The number of carbonyl (C=O) groups is 1. The van der Waals surface area contributed by atoms with Crippen LogP contribution in [0.2, 0.25) is 5.02 Å². The summed E-state index contributed by atoms with van der Waals surface area (Å²) in [6.07, 6.45) is 0. The van der Waals surface area contributed by atoms with E-state index in [2.05, 4.69) is 0 Å². The molecule has 0 fully saturated rings. The number of aromatic carboxylic acids is 1. The minimum atomic E-state index is -1.30. The molecule has 0 unspecified atom stereocenters. The van der Waals surface area contributed by atoms with Gasteiger partial charge in [0.1, 0.15) is 10.7 Å². The van der Waals surface area contributed by atoms with Crippen molar-refractivity contribution in [2.45, 2.75) is 0 Å². The van der Waals surface area contributed by atoms with Gasteiger partial charge in [-0.3, -0.25) is 0 Å². The molecule has 0 saturated heterocycles. The van der Waals surface area contributed by atoms with Gasteiger partial charge in [0.05, 0.1) is 5.02 Å². The molecule has 0 aliphatic rings. The first kappa shape index (κ1) is 14.9. The fourth-order valence-corrected chi connectivity index (χ4v) is 3.43. The van der Waals surface area contributed by atoms with Crippen LogP contribution < -0.4 is 0 Å². The van der Waals surface area contributed by atoms with E-state index in [4.69, 9.17) is 11.6 Å². The summed E-state index contributed by atoms with van der Waals surface area (Å²) < 4.78 is 41.4. The molecule has 1 heterocycles. The highest BCUT2D eigenvalue weighted by Gasteiger charge is 2.24. The van der Waals surface area contributed by atoms with E-state index in [0.717, 1.165) is 29.5 Å². The third-order valence-electron chi connectivity index (χ3n) is 3.15. The molecule has 0 bridgehead atoms. The van der Waals surface area contributed by atoms with E-state index in [9.17, 15) is 23.1 Å². The van der Waals surface area contributed by atoms with Gasteiger partial charge in [0.25, 0.3) is 0 Å². The van der Waals surface area contributed by atoms with E-state index >= 15 is 0 Å². The molecule has 0 atom stereocenters. The van der Waals surface area contributed by atoms with Gasteiger partial charge in [0.15, 0.2) is 11.6 Å². The second-order valence-electron chi connectivity index (χ2n) is 4.47. The van der Waals surface area contributed by atoms with Gasteiger partial charge < -0.3 is 5.11 Å². The lowest BCUT2D eigenvalue weighted by atomic mass is 10.0. The van der Waals surface area contributed by atoms with Crippen molar-refractivity contribution in [1.29, 1.82) is 0 Å². The van der Waals surface area contributed by atoms with Crippen LogP contribution in [0.4, 0.5) is 13.2 Å². The third kappa shape index (κ3) is 2.24. The number of halogens is 4. The molecule has 1 N–H and O–H groups in total. The smallest absolute Gasteiger partial charge is 0.346 e. The van der Waals surface area contributed by atoms with E-state index < -0.39 is 28.4 Å².